The van der Waals surface area contributed by atoms with E-state index < -0.39 is 23.1 Å². The molecule has 0 atom stereocenters. The third kappa shape index (κ3) is 6.44. The molecule has 0 bridgehead atoms. The fourth-order valence-corrected chi connectivity index (χ4v) is 3.56. The van der Waals surface area contributed by atoms with Crippen LogP contribution in [0.25, 0.3) is 5.69 Å². The summed E-state index contributed by atoms with van der Waals surface area (Å²) in [5.41, 5.74) is -0.996. The molecule has 2 N–H and O–H groups in total. The minimum atomic E-state index is -0.866. The van der Waals surface area contributed by atoms with E-state index in [9.17, 15) is 19.5 Å². The molecule has 11 heteroatoms. The number of nitrogens with zero attached hydrogens (tertiary/aromatic N) is 3. The van der Waals surface area contributed by atoms with E-state index in [0.29, 0.717) is 23.5 Å². The zero-order valence-corrected chi connectivity index (χ0v) is 21.2. The number of H-pyrrole nitrogens is 1. The van der Waals surface area contributed by atoms with E-state index in [4.69, 9.17) is 14.2 Å². The van der Waals surface area contributed by atoms with Gasteiger partial charge in [0.05, 0.1) is 31.2 Å². The lowest BCUT2D eigenvalue weighted by Crippen LogP contribution is -2.31. The maximum absolute atomic E-state index is 12.6. The Morgan fingerprint density at radius 3 is 2.41 bits per heavy atom. The minimum absolute atomic E-state index is 0.166. The third-order valence-electron chi connectivity index (χ3n) is 5.73. The second kappa shape index (κ2) is 12.5. The van der Waals surface area contributed by atoms with Gasteiger partial charge in [-0.2, -0.15) is 0 Å². The molecule has 0 aliphatic rings. The Bertz CT molecular complexity index is 1370. The standard InChI is InChI=1S/C26H30N4O7/c1-5-29(6-2)13-14-37-25(33)17-7-9-18(10-8-17)27-16-20-23(31)28-26(34)30(24(20)32)21-15-19(35-3)11-12-22(21)36-4/h7-12,15-16,32H,5-6,13-14H2,1-4H3,(H,28,31,34). The largest absolute Gasteiger partial charge is 0.497 e. The number of hydrogen-bond donors (Lipinski definition) is 2. The maximum atomic E-state index is 12.6. The van der Waals surface area contributed by atoms with Gasteiger partial charge in [0.15, 0.2) is 0 Å². The van der Waals surface area contributed by atoms with E-state index >= 15 is 0 Å². The maximum Gasteiger partial charge on any atom is 0.338 e. The van der Waals surface area contributed by atoms with Crippen molar-refractivity contribution in [2.45, 2.75) is 13.8 Å². The van der Waals surface area contributed by atoms with Crippen LogP contribution in [0.3, 0.4) is 0 Å². The van der Waals surface area contributed by atoms with Gasteiger partial charge in [-0.1, -0.05) is 13.8 Å². The first-order valence-corrected chi connectivity index (χ1v) is 11.7. The molecule has 0 amide bonds. The SMILES string of the molecule is CCN(CC)CCOC(=O)c1ccc(N=Cc2c(O)n(-c3cc(OC)ccc3OC)c(=O)[nH]c2=O)cc1. The Kier molecular flexibility index (Phi) is 9.22. The number of aromatic nitrogens is 2. The number of aromatic hydroxyl groups is 1. The highest BCUT2D eigenvalue weighted by molar-refractivity contribution is 5.90. The molecule has 0 radical (unpaired) electrons. The van der Waals surface area contributed by atoms with Gasteiger partial charge in [-0.25, -0.2) is 14.2 Å². The number of hydrogen-bond acceptors (Lipinski definition) is 9. The summed E-state index contributed by atoms with van der Waals surface area (Å²) in [4.78, 5) is 45.8. The Labute approximate surface area is 213 Å². The van der Waals surface area contributed by atoms with E-state index in [0.717, 1.165) is 23.9 Å². The molecule has 11 nitrogen and oxygen atoms in total. The molecule has 2 aromatic carbocycles. The fourth-order valence-electron chi connectivity index (χ4n) is 3.56. The third-order valence-corrected chi connectivity index (χ3v) is 5.73. The van der Waals surface area contributed by atoms with Crippen molar-refractivity contribution in [3.8, 4) is 23.1 Å². The summed E-state index contributed by atoms with van der Waals surface area (Å²) < 4.78 is 16.7. The van der Waals surface area contributed by atoms with Gasteiger partial charge in [0.25, 0.3) is 5.56 Å². The van der Waals surface area contributed by atoms with Crippen LogP contribution in [0.15, 0.2) is 57.0 Å². The number of aliphatic imine (C=N–C) groups is 1. The van der Waals surface area contributed by atoms with Gasteiger partial charge in [0.2, 0.25) is 5.88 Å². The molecular weight excluding hydrogens is 480 g/mol. The molecule has 3 rings (SSSR count). The van der Waals surface area contributed by atoms with Crippen LogP contribution in [0.1, 0.15) is 29.8 Å². The summed E-state index contributed by atoms with van der Waals surface area (Å²) in [5, 5.41) is 10.8. The Balaban J connectivity index is 1.84. The number of rotatable bonds is 11. The summed E-state index contributed by atoms with van der Waals surface area (Å²) in [7, 11) is 2.86. The number of nitrogens with one attached hydrogen (secondary N) is 1. The van der Waals surface area contributed by atoms with Crippen LogP contribution in [0, 0.1) is 0 Å². The van der Waals surface area contributed by atoms with Crippen LogP contribution in [0.4, 0.5) is 5.69 Å². The number of likely N-dealkylation sites (N-methyl/N-ethyl adjacent to an activating group) is 1. The molecule has 37 heavy (non-hydrogen) atoms. The Hall–Kier alpha value is -4.38. The predicted molar refractivity (Wildman–Crippen MR) is 139 cm³/mol. The first-order chi connectivity index (χ1) is 17.8. The summed E-state index contributed by atoms with van der Waals surface area (Å²) in [6.07, 6.45) is 1.13. The first kappa shape index (κ1) is 27.2. The van der Waals surface area contributed by atoms with Crippen molar-refractivity contribution in [3.63, 3.8) is 0 Å². The highest BCUT2D eigenvalue weighted by Crippen LogP contribution is 2.29. The van der Waals surface area contributed by atoms with Gasteiger partial charge in [0.1, 0.15) is 23.7 Å². The average molecular weight is 511 g/mol. The molecule has 0 saturated heterocycles. The molecule has 196 valence electrons. The van der Waals surface area contributed by atoms with Gasteiger partial charge >= 0.3 is 11.7 Å². The second-order valence-electron chi connectivity index (χ2n) is 7.84. The van der Waals surface area contributed by atoms with Crippen molar-refractivity contribution in [3.05, 3.63) is 74.4 Å². The van der Waals surface area contributed by atoms with Crippen LogP contribution in [-0.2, 0) is 4.74 Å². The normalized spacial score (nSPS) is 11.2. The van der Waals surface area contributed by atoms with Gasteiger partial charge in [-0.05, 0) is 49.5 Å². The summed E-state index contributed by atoms with van der Waals surface area (Å²) in [5.74, 6) is -0.392. The molecule has 0 aliphatic heterocycles. The summed E-state index contributed by atoms with van der Waals surface area (Å²) in [6.45, 7) is 6.79. The molecule has 0 saturated carbocycles. The number of aromatic amines is 1. The van der Waals surface area contributed by atoms with E-state index in [1.165, 1.54) is 20.3 Å². The quantitative estimate of drug-likeness (QED) is 0.297. The molecule has 0 aliphatic carbocycles. The fraction of sp³-hybridized carbons (Fsp3) is 0.308. The van der Waals surface area contributed by atoms with Crippen molar-refractivity contribution >= 4 is 17.9 Å². The lowest BCUT2D eigenvalue weighted by atomic mass is 10.2. The summed E-state index contributed by atoms with van der Waals surface area (Å²) >= 11 is 0. The predicted octanol–water partition coefficient (Wildman–Crippen LogP) is 2.50. The van der Waals surface area contributed by atoms with Crippen molar-refractivity contribution < 1.29 is 24.1 Å². The van der Waals surface area contributed by atoms with Crippen LogP contribution in [-0.4, -0.2) is 72.2 Å². The van der Waals surface area contributed by atoms with Crippen molar-refractivity contribution in [1.29, 1.82) is 0 Å². The number of esters is 1. The summed E-state index contributed by atoms with van der Waals surface area (Å²) in [6, 6.07) is 10.9. The van der Waals surface area contributed by atoms with Crippen molar-refractivity contribution in [2.24, 2.45) is 4.99 Å². The van der Waals surface area contributed by atoms with Gasteiger partial charge in [0, 0.05) is 18.8 Å². The molecule has 3 aromatic rings. The van der Waals surface area contributed by atoms with Crippen molar-refractivity contribution in [2.75, 3.05) is 40.5 Å². The van der Waals surface area contributed by atoms with Crippen LogP contribution in [0.2, 0.25) is 0 Å². The molecule has 1 heterocycles. The zero-order valence-electron chi connectivity index (χ0n) is 21.2. The minimum Gasteiger partial charge on any atom is -0.497 e. The van der Waals surface area contributed by atoms with Gasteiger partial charge in [-0.15, -0.1) is 0 Å². The lowest BCUT2D eigenvalue weighted by molar-refractivity contribution is 0.0466. The van der Waals surface area contributed by atoms with Gasteiger partial charge < -0.3 is 24.2 Å². The number of benzene rings is 2. The van der Waals surface area contributed by atoms with Crippen LogP contribution in [0.5, 0.6) is 17.4 Å². The second-order valence-corrected chi connectivity index (χ2v) is 7.84. The first-order valence-electron chi connectivity index (χ1n) is 11.7. The number of methoxy groups -OCH3 is 2. The average Bonchev–Trinajstić information content (AvgIpc) is 2.91. The Morgan fingerprint density at radius 1 is 1.08 bits per heavy atom. The Morgan fingerprint density at radius 2 is 1.78 bits per heavy atom. The topological polar surface area (TPSA) is 135 Å². The molecule has 0 unspecified atom stereocenters. The number of carbonyl (C=O) groups excluding carboxylic acids is 1. The van der Waals surface area contributed by atoms with Crippen LogP contribution < -0.4 is 20.7 Å². The molecular formula is C26H30N4O7. The molecule has 0 fully saturated rings. The highest BCUT2D eigenvalue weighted by Gasteiger charge is 2.18. The number of carbonyl (C=O) groups is 1. The molecule has 0 spiro atoms. The lowest BCUT2D eigenvalue weighted by Gasteiger charge is -2.17. The van der Waals surface area contributed by atoms with Crippen LogP contribution >= 0.6 is 0 Å². The van der Waals surface area contributed by atoms with E-state index in [1.807, 2.05) is 13.8 Å². The monoisotopic (exact) mass is 510 g/mol. The van der Waals surface area contributed by atoms with Gasteiger partial charge in [-0.3, -0.25) is 14.8 Å². The van der Waals surface area contributed by atoms with E-state index in [2.05, 4.69) is 14.9 Å². The number of ether oxygens (including phenoxy) is 3. The highest BCUT2D eigenvalue weighted by atomic mass is 16.5. The van der Waals surface area contributed by atoms with Crippen molar-refractivity contribution in [1.82, 2.24) is 14.5 Å². The zero-order chi connectivity index (χ0) is 26.9. The smallest absolute Gasteiger partial charge is 0.338 e. The van der Waals surface area contributed by atoms with E-state index in [1.54, 1.807) is 36.4 Å². The van der Waals surface area contributed by atoms with E-state index in [-0.39, 0.29) is 23.6 Å². The molecule has 1 aromatic heterocycles.